The molecule has 6 nitrogen and oxygen atoms in total. The molecule has 0 saturated carbocycles. The van der Waals surface area contributed by atoms with Crippen molar-refractivity contribution in [1.29, 1.82) is 0 Å². The molecule has 18 heavy (non-hydrogen) atoms. The Morgan fingerprint density at radius 3 is 2.78 bits per heavy atom. The molecular weight excluding hydrogens is 258 g/mol. The van der Waals surface area contributed by atoms with E-state index in [0.717, 1.165) is 0 Å². The highest BCUT2D eigenvalue weighted by atomic mass is 35.5. The zero-order chi connectivity index (χ0) is 13.7. The van der Waals surface area contributed by atoms with Gasteiger partial charge in [0.2, 0.25) is 0 Å². The van der Waals surface area contributed by atoms with Crippen LogP contribution in [0.5, 0.6) is 5.75 Å². The third-order valence-electron chi connectivity index (χ3n) is 2.37. The number of nitrogens with zero attached hydrogens (tertiary/aromatic N) is 2. The number of halogens is 1. The van der Waals surface area contributed by atoms with E-state index in [0.29, 0.717) is 5.02 Å². The van der Waals surface area contributed by atoms with Crippen molar-refractivity contribution in [3.8, 4) is 5.75 Å². The first-order chi connectivity index (χ1) is 8.45. The van der Waals surface area contributed by atoms with Crippen LogP contribution < -0.4 is 5.73 Å². The minimum absolute atomic E-state index is 0.0370. The van der Waals surface area contributed by atoms with E-state index in [4.69, 9.17) is 22.5 Å². The number of rotatable bonds is 4. The lowest BCUT2D eigenvalue weighted by Gasteiger charge is -2.17. The van der Waals surface area contributed by atoms with Gasteiger partial charge in [-0.25, -0.2) is 0 Å². The van der Waals surface area contributed by atoms with Gasteiger partial charge in [-0.2, -0.15) is 0 Å². The summed E-state index contributed by atoms with van der Waals surface area (Å²) >= 11 is 5.68. The lowest BCUT2D eigenvalue weighted by atomic mass is 10.1. The van der Waals surface area contributed by atoms with Crippen LogP contribution >= 0.6 is 11.6 Å². The van der Waals surface area contributed by atoms with Gasteiger partial charge in [0.05, 0.1) is 5.56 Å². The van der Waals surface area contributed by atoms with E-state index in [9.17, 15) is 9.90 Å². The summed E-state index contributed by atoms with van der Waals surface area (Å²) in [6.45, 7) is 0.275. The first-order valence-corrected chi connectivity index (χ1v) is 5.54. The molecular formula is C11H14ClN3O3. The van der Waals surface area contributed by atoms with Crippen LogP contribution in [0.15, 0.2) is 23.4 Å². The number of oxime groups is 1. The first-order valence-electron chi connectivity index (χ1n) is 5.16. The molecule has 1 amide bonds. The average Bonchev–Trinajstić information content (AvgIpc) is 2.34. The largest absolute Gasteiger partial charge is 0.507 e. The second kappa shape index (κ2) is 6.11. The predicted octanol–water partition coefficient (Wildman–Crippen LogP) is 1.25. The van der Waals surface area contributed by atoms with Gasteiger partial charge in [0.1, 0.15) is 11.6 Å². The van der Waals surface area contributed by atoms with Gasteiger partial charge in [0, 0.05) is 25.0 Å². The Hall–Kier alpha value is -1.95. The molecule has 4 N–H and O–H groups in total. The Balaban J connectivity index is 2.74. The molecule has 0 bridgehead atoms. The van der Waals surface area contributed by atoms with Crippen LogP contribution in [-0.4, -0.2) is 40.5 Å². The second-order valence-corrected chi connectivity index (χ2v) is 4.17. The molecule has 98 valence electrons. The Labute approximate surface area is 109 Å². The molecule has 0 atom stereocenters. The van der Waals surface area contributed by atoms with Crippen molar-refractivity contribution < 1.29 is 15.1 Å². The Morgan fingerprint density at radius 1 is 1.56 bits per heavy atom. The van der Waals surface area contributed by atoms with Crippen molar-refractivity contribution in [1.82, 2.24) is 4.90 Å². The van der Waals surface area contributed by atoms with Crippen molar-refractivity contribution in [2.45, 2.75) is 6.42 Å². The zero-order valence-corrected chi connectivity index (χ0v) is 10.6. The van der Waals surface area contributed by atoms with Gasteiger partial charge >= 0.3 is 0 Å². The molecule has 7 heteroatoms. The first kappa shape index (κ1) is 14.1. The number of nitrogens with two attached hydrogens (primary N) is 1. The van der Waals surface area contributed by atoms with E-state index in [2.05, 4.69) is 5.16 Å². The smallest absolute Gasteiger partial charge is 0.257 e. The number of aromatic hydroxyl groups is 1. The van der Waals surface area contributed by atoms with E-state index in [1.165, 1.54) is 23.1 Å². The monoisotopic (exact) mass is 271 g/mol. The van der Waals surface area contributed by atoms with Gasteiger partial charge in [-0.15, -0.1) is 0 Å². The van der Waals surface area contributed by atoms with Crippen LogP contribution in [0.1, 0.15) is 16.8 Å². The summed E-state index contributed by atoms with van der Waals surface area (Å²) in [6, 6.07) is 4.26. The molecule has 1 rings (SSSR count). The SMILES string of the molecule is CN(CC/C(N)=N/O)C(=O)c1ccc(Cl)cc1O. The molecule has 0 aromatic heterocycles. The third kappa shape index (κ3) is 3.53. The Bertz CT molecular complexity index is 477. The van der Waals surface area contributed by atoms with Crippen LogP contribution in [0.2, 0.25) is 5.02 Å². The fourth-order valence-electron chi connectivity index (χ4n) is 1.33. The van der Waals surface area contributed by atoms with E-state index in [1.807, 2.05) is 0 Å². The van der Waals surface area contributed by atoms with Gasteiger partial charge in [0.15, 0.2) is 0 Å². The molecule has 0 aliphatic rings. The quantitative estimate of drug-likeness (QED) is 0.332. The maximum atomic E-state index is 12.0. The molecule has 0 aliphatic carbocycles. The third-order valence-corrected chi connectivity index (χ3v) is 2.60. The minimum atomic E-state index is -0.366. The minimum Gasteiger partial charge on any atom is -0.507 e. The predicted molar refractivity (Wildman–Crippen MR) is 68.1 cm³/mol. The molecule has 1 aromatic carbocycles. The number of phenols is 1. The number of benzene rings is 1. The summed E-state index contributed by atoms with van der Waals surface area (Å²) in [5, 5.41) is 21.2. The van der Waals surface area contributed by atoms with Crippen molar-refractivity contribution in [3.05, 3.63) is 28.8 Å². The lowest BCUT2D eigenvalue weighted by Crippen LogP contribution is -2.30. The van der Waals surface area contributed by atoms with Crippen molar-refractivity contribution >= 4 is 23.3 Å². The van der Waals surface area contributed by atoms with Crippen LogP contribution in [0, 0.1) is 0 Å². The molecule has 1 aromatic rings. The Kier molecular flexibility index (Phi) is 4.79. The van der Waals surface area contributed by atoms with E-state index < -0.39 is 0 Å². The van der Waals surface area contributed by atoms with E-state index in [1.54, 1.807) is 7.05 Å². The highest BCUT2D eigenvalue weighted by Crippen LogP contribution is 2.22. The maximum absolute atomic E-state index is 12.0. The number of hydrogen-bond donors (Lipinski definition) is 3. The van der Waals surface area contributed by atoms with Gasteiger partial charge in [-0.3, -0.25) is 4.79 Å². The Morgan fingerprint density at radius 2 is 2.22 bits per heavy atom. The topological polar surface area (TPSA) is 99.1 Å². The fraction of sp³-hybridized carbons (Fsp3) is 0.273. The van der Waals surface area contributed by atoms with Crippen molar-refractivity contribution in [2.75, 3.05) is 13.6 Å². The number of carbonyl (C=O) groups excluding carboxylic acids is 1. The molecule has 0 saturated heterocycles. The number of amidine groups is 1. The molecule has 0 fully saturated rings. The number of hydrogen-bond acceptors (Lipinski definition) is 4. The molecule has 0 unspecified atom stereocenters. The van der Waals surface area contributed by atoms with Gasteiger partial charge in [0.25, 0.3) is 5.91 Å². The van der Waals surface area contributed by atoms with E-state index in [-0.39, 0.29) is 36.0 Å². The lowest BCUT2D eigenvalue weighted by molar-refractivity contribution is 0.0795. The maximum Gasteiger partial charge on any atom is 0.257 e. The van der Waals surface area contributed by atoms with E-state index >= 15 is 0 Å². The summed E-state index contributed by atoms with van der Waals surface area (Å²) in [5.74, 6) is -0.506. The van der Waals surface area contributed by atoms with Crippen LogP contribution in [-0.2, 0) is 0 Å². The average molecular weight is 272 g/mol. The molecule has 0 heterocycles. The number of amides is 1. The highest BCUT2D eigenvalue weighted by molar-refractivity contribution is 6.30. The number of carbonyl (C=O) groups is 1. The van der Waals surface area contributed by atoms with Crippen LogP contribution in [0.4, 0.5) is 0 Å². The standard InChI is InChI=1S/C11H14ClN3O3/c1-15(5-4-10(13)14-18)11(17)8-3-2-7(12)6-9(8)16/h2-3,6,16,18H,4-5H2,1H3,(H2,13,14). The summed E-state index contributed by atoms with van der Waals surface area (Å²) in [7, 11) is 1.56. The fourth-order valence-corrected chi connectivity index (χ4v) is 1.49. The van der Waals surface area contributed by atoms with Crippen molar-refractivity contribution in [2.24, 2.45) is 10.9 Å². The zero-order valence-electron chi connectivity index (χ0n) is 9.80. The van der Waals surface area contributed by atoms with Crippen molar-refractivity contribution in [3.63, 3.8) is 0 Å². The second-order valence-electron chi connectivity index (χ2n) is 3.73. The highest BCUT2D eigenvalue weighted by Gasteiger charge is 2.16. The normalized spacial score (nSPS) is 11.3. The molecule has 0 radical (unpaired) electrons. The van der Waals surface area contributed by atoms with Gasteiger partial charge in [-0.1, -0.05) is 16.8 Å². The summed E-state index contributed by atoms with van der Waals surface area (Å²) in [5.41, 5.74) is 5.46. The van der Waals surface area contributed by atoms with Gasteiger partial charge < -0.3 is 20.9 Å². The van der Waals surface area contributed by atoms with Crippen LogP contribution in [0.3, 0.4) is 0 Å². The molecule has 0 spiro atoms. The van der Waals surface area contributed by atoms with Crippen LogP contribution in [0.25, 0.3) is 0 Å². The summed E-state index contributed by atoms with van der Waals surface area (Å²) in [6.07, 6.45) is 0.243. The summed E-state index contributed by atoms with van der Waals surface area (Å²) < 4.78 is 0. The summed E-state index contributed by atoms with van der Waals surface area (Å²) in [4.78, 5) is 13.3. The van der Waals surface area contributed by atoms with Gasteiger partial charge in [-0.05, 0) is 18.2 Å². The number of phenolic OH excluding ortho intramolecular Hbond substituents is 1. The molecule has 0 aliphatic heterocycles.